The van der Waals surface area contributed by atoms with Crippen LogP contribution in [0.15, 0.2) is 54.9 Å². The summed E-state index contributed by atoms with van der Waals surface area (Å²) in [4.78, 5) is 32.4. The van der Waals surface area contributed by atoms with Gasteiger partial charge in [-0.2, -0.15) is 0 Å². The molecule has 1 aromatic carbocycles. The van der Waals surface area contributed by atoms with Gasteiger partial charge in [-0.25, -0.2) is 4.98 Å². The number of nitrogens with zero attached hydrogens (tertiary/aromatic N) is 3. The van der Waals surface area contributed by atoms with E-state index in [0.717, 1.165) is 18.5 Å². The fourth-order valence-electron chi connectivity index (χ4n) is 5.31. The number of imidazole rings is 1. The average molecular weight is 432 g/mol. The molecule has 1 N–H and O–H groups in total. The molecule has 6 rings (SSSR count). The van der Waals surface area contributed by atoms with E-state index in [-0.39, 0.29) is 36.3 Å². The van der Waals surface area contributed by atoms with Crippen molar-refractivity contribution >= 4 is 17.5 Å². The lowest BCUT2D eigenvalue weighted by Gasteiger charge is -2.40. The molecule has 1 saturated carbocycles. The van der Waals surface area contributed by atoms with Gasteiger partial charge in [0, 0.05) is 25.3 Å². The van der Waals surface area contributed by atoms with Crippen molar-refractivity contribution in [3.8, 4) is 11.5 Å². The van der Waals surface area contributed by atoms with Crippen molar-refractivity contribution in [3.63, 3.8) is 0 Å². The Morgan fingerprint density at radius 1 is 1.00 bits per heavy atom. The molecule has 1 aliphatic carbocycles. The van der Waals surface area contributed by atoms with Crippen LogP contribution in [-0.4, -0.2) is 57.9 Å². The van der Waals surface area contributed by atoms with Crippen LogP contribution < -0.4 is 14.8 Å². The van der Waals surface area contributed by atoms with Crippen LogP contribution in [0.4, 0.5) is 0 Å². The molecular formula is C24H24N4O4. The van der Waals surface area contributed by atoms with E-state index in [0.29, 0.717) is 30.3 Å². The molecule has 32 heavy (non-hydrogen) atoms. The molecule has 2 bridgehead atoms. The van der Waals surface area contributed by atoms with E-state index in [9.17, 15) is 9.59 Å². The summed E-state index contributed by atoms with van der Waals surface area (Å²) in [7, 11) is 0. The normalized spacial score (nSPS) is 26.2. The lowest BCUT2D eigenvalue weighted by atomic mass is 9.91. The SMILES string of the molecule is O=C(NC1[C@@H]2CC[C@H]1CN(C(=O)C1COc3ccccc3O1)C2)c1cnc2ccccn12. The number of likely N-dealkylation sites (tertiary alicyclic amines) is 1. The first-order chi connectivity index (χ1) is 15.7. The molecule has 164 valence electrons. The topological polar surface area (TPSA) is 85.2 Å². The van der Waals surface area contributed by atoms with Crippen molar-refractivity contribution in [3.05, 3.63) is 60.6 Å². The smallest absolute Gasteiger partial charge is 0.270 e. The molecule has 4 atom stereocenters. The Balaban J connectivity index is 1.13. The number of aromatic nitrogens is 2. The van der Waals surface area contributed by atoms with Crippen molar-refractivity contribution < 1.29 is 19.1 Å². The van der Waals surface area contributed by atoms with Gasteiger partial charge in [-0.05, 0) is 48.9 Å². The Labute approximate surface area is 185 Å². The predicted molar refractivity (Wildman–Crippen MR) is 116 cm³/mol. The Morgan fingerprint density at radius 2 is 1.75 bits per heavy atom. The molecule has 0 radical (unpaired) electrons. The van der Waals surface area contributed by atoms with Crippen molar-refractivity contribution in [2.24, 2.45) is 11.8 Å². The molecule has 8 heteroatoms. The van der Waals surface area contributed by atoms with Crippen LogP contribution in [0.25, 0.3) is 5.65 Å². The maximum absolute atomic E-state index is 13.2. The number of pyridine rings is 1. The van der Waals surface area contributed by atoms with Crippen LogP contribution in [0.3, 0.4) is 0 Å². The van der Waals surface area contributed by atoms with Crippen LogP contribution in [0, 0.1) is 11.8 Å². The highest BCUT2D eigenvalue weighted by atomic mass is 16.6. The molecule has 2 unspecified atom stereocenters. The lowest BCUT2D eigenvalue weighted by molar-refractivity contribution is -0.143. The first kappa shape index (κ1) is 19.2. The maximum atomic E-state index is 13.2. The highest BCUT2D eigenvalue weighted by Crippen LogP contribution is 2.38. The second-order valence-corrected chi connectivity index (χ2v) is 8.78. The van der Waals surface area contributed by atoms with Gasteiger partial charge in [-0.15, -0.1) is 0 Å². The molecule has 2 amide bonds. The second kappa shape index (κ2) is 7.55. The van der Waals surface area contributed by atoms with Crippen molar-refractivity contribution in [2.75, 3.05) is 19.7 Å². The highest BCUT2D eigenvalue weighted by Gasteiger charge is 2.45. The molecule has 1 saturated heterocycles. The standard InChI is InChI=1S/C24H24N4O4/c29-23(17-11-25-21-7-3-4-10-28(17)21)26-22-15-8-9-16(22)13-27(12-15)24(30)20-14-31-18-5-1-2-6-19(18)32-20/h1-7,10-11,15-16,20,22H,8-9,12-14H2,(H,26,29)/t15-,16+,20?,22?. The number of amides is 2. The van der Waals surface area contributed by atoms with E-state index in [2.05, 4.69) is 10.3 Å². The number of rotatable bonds is 3. The van der Waals surface area contributed by atoms with Gasteiger partial charge < -0.3 is 19.7 Å². The number of hydrogen-bond donors (Lipinski definition) is 1. The van der Waals surface area contributed by atoms with Gasteiger partial charge in [-0.1, -0.05) is 18.2 Å². The molecule has 8 nitrogen and oxygen atoms in total. The molecule has 3 aliphatic rings. The summed E-state index contributed by atoms with van der Waals surface area (Å²) in [5.41, 5.74) is 1.28. The number of benzene rings is 1. The van der Waals surface area contributed by atoms with Gasteiger partial charge in [0.1, 0.15) is 17.9 Å². The Hall–Kier alpha value is -3.55. The fourth-order valence-corrected chi connectivity index (χ4v) is 5.31. The third-order valence-electron chi connectivity index (χ3n) is 6.88. The minimum Gasteiger partial charge on any atom is -0.485 e. The van der Waals surface area contributed by atoms with Gasteiger partial charge in [0.2, 0.25) is 6.10 Å². The minimum atomic E-state index is -0.631. The van der Waals surface area contributed by atoms with Gasteiger partial charge in [0.25, 0.3) is 11.8 Å². The summed E-state index contributed by atoms with van der Waals surface area (Å²) in [5, 5.41) is 3.23. The van der Waals surface area contributed by atoms with E-state index in [1.54, 1.807) is 10.6 Å². The zero-order valence-corrected chi connectivity index (χ0v) is 17.5. The molecular weight excluding hydrogens is 408 g/mol. The Bertz CT molecular complexity index is 1180. The van der Waals surface area contributed by atoms with Crippen LogP contribution in [0.5, 0.6) is 11.5 Å². The van der Waals surface area contributed by atoms with Crippen LogP contribution >= 0.6 is 0 Å². The third-order valence-corrected chi connectivity index (χ3v) is 6.88. The first-order valence-corrected chi connectivity index (χ1v) is 11.1. The number of hydrogen-bond acceptors (Lipinski definition) is 5. The van der Waals surface area contributed by atoms with Crippen LogP contribution in [0.2, 0.25) is 0 Å². The van der Waals surface area contributed by atoms with E-state index in [4.69, 9.17) is 9.47 Å². The van der Waals surface area contributed by atoms with E-state index in [1.807, 2.05) is 53.6 Å². The van der Waals surface area contributed by atoms with E-state index < -0.39 is 6.10 Å². The lowest BCUT2D eigenvalue weighted by Crippen LogP contribution is -2.57. The van der Waals surface area contributed by atoms with Gasteiger partial charge >= 0.3 is 0 Å². The molecule has 3 aromatic rings. The second-order valence-electron chi connectivity index (χ2n) is 8.78. The fraction of sp³-hybridized carbons (Fsp3) is 0.375. The highest BCUT2D eigenvalue weighted by molar-refractivity contribution is 5.93. The summed E-state index contributed by atoms with van der Waals surface area (Å²) < 4.78 is 13.5. The van der Waals surface area contributed by atoms with Gasteiger partial charge in [0.05, 0.1) is 6.20 Å². The number of para-hydroxylation sites is 2. The number of piperidine rings is 1. The van der Waals surface area contributed by atoms with Crippen molar-refractivity contribution in [1.82, 2.24) is 19.6 Å². The monoisotopic (exact) mass is 432 g/mol. The summed E-state index contributed by atoms with van der Waals surface area (Å²) >= 11 is 0. The molecule has 2 fully saturated rings. The van der Waals surface area contributed by atoms with Crippen LogP contribution in [-0.2, 0) is 4.79 Å². The van der Waals surface area contributed by atoms with Gasteiger partial charge in [-0.3, -0.25) is 14.0 Å². The summed E-state index contributed by atoms with van der Waals surface area (Å²) in [6.45, 7) is 1.46. The number of nitrogens with one attached hydrogen (secondary N) is 1. The average Bonchev–Trinajstić information content (AvgIpc) is 3.35. The minimum absolute atomic E-state index is 0.0389. The molecule has 2 aliphatic heterocycles. The molecule has 0 spiro atoms. The van der Waals surface area contributed by atoms with Gasteiger partial charge in [0.15, 0.2) is 11.5 Å². The quantitative estimate of drug-likeness (QED) is 0.686. The summed E-state index contributed by atoms with van der Waals surface area (Å²) in [6, 6.07) is 13.1. The van der Waals surface area contributed by atoms with Crippen molar-refractivity contribution in [1.29, 1.82) is 0 Å². The van der Waals surface area contributed by atoms with E-state index in [1.165, 1.54) is 0 Å². The largest absolute Gasteiger partial charge is 0.485 e. The number of fused-ring (bicyclic) bond motifs is 4. The number of ether oxygens (including phenoxy) is 2. The number of carbonyl (C=O) groups is 2. The summed E-state index contributed by atoms with van der Waals surface area (Å²) in [5.74, 6) is 1.59. The zero-order valence-electron chi connectivity index (χ0n) is 17.5. The molecule has 2 aromatic heterocycles. The Kier molecular flexibility index (Phi) is 4.52. The summed E-state index contributed by atoms with van der Waals surface area (Å²) in [6.07, 6.45) is 4.82. The predicted octanol–water partition coefficient (Wildman–Crippen LogP) is 2.14. The molecule has 4 heterocycles. The number of carbonyl (C=O) groups excluding carboxylic acids is 2. The van der Waals surface area contributed by atoms with Crippen molar-refractivity contribution in [2.45, 2.75) is 25.0 Å². The zero-order chi connectivity index (χ0) is 21.7. The van der Waals surface area contributed by atoms with E-state index >= 15 is 0 Å². The van der Waals surface area contributed by atoms with Crippen LogP contribution in [0.1, 0.15) is 23.3 Å². The third kappa shape index (κ3) is 3.18. The first-order valence-electron chi connectivity index (χ1n) is 11.1. The maximum Gasteiger partial charge on any atom is 0.270 e. The Morgan fingerprint density at radius 3 is 2.56 bits per heavy atom.